The number of rotatable bonds is 2. The number of nitrogens with two attached hydrogens (primary N) is 1. The lowest BCUT2D eigenvalue weighted by Gasteiger charge is -2.21. The Morgan fingerprint density at radius 2 is 2.09 bits per heavy atom. The first kappa shape index (κ1) is 15.4. The minimum Gasteiger partial charge on any atom is -0.383 e. The SMILES string of the molecule is N#Cc1c(N)nc2c(c1-c1ccc(Br)c([N+](=O)[O-])c1)CCCC2. The molecule has 7 heteroatoms. The molecule has 3 rings (SSSR count). The molecule has 0 saturated carbocycles. The molecule has 1 heterocycles. The fourth-order valence-corrected chi connectivity index (χ4v) is 3.39. The zero-order valence-corrected chi connectivity index (χ0v) is 13.8. The number of aryl methyl sites for hydroxylation is 1. The summed E-state index contributed by atoms with van der Waals surface area (Å²) in [5.74, 6) is 0.189. The highest BCUT2D eigenvalue weighted by Crippen LogP contribution is 2.38. The van der Waals surface area contributed by atoms with Crippen molar-refractivity contribution in [1.29, 1.82) is 5.26 Å². The number of nitro groups is 1. The molecule has 116 valence electrons. The molecule has 2 N–H and O–H groups in total. The first-order chi connectivity index (χ1) is 11.0. The summed E-state index contributed by atoms with van der Waals surface area (Å²) in [6.45, 7) is 0. The van der Waals surface area contributed by atoms with Gasteiger partial charge in [-0.05, 0) is 58.8 Å². The molecular formula is C16H13BrN4O2. The fourth-order valence-electron chi connectivity index (χ4n) is 3.00. The van der Waals surface area contributed by atoms with Crippen LogP contribution in [0.25, 0.3) is 11.1 Å². The van der Waals surface area contributed by atoms with Crippen LogP contribution < -0.4 is 5.73 Å². The van der Waals surface area contributed by atoms with E-state index in [0.717, 1.165) is 36.9 Å². The summed E-state index contributed by atoms with van der Waals surface area (Å²) in [7, 11) is 0. The maximum Gasteiger partial charge on any atom is 0.284 e. The van der Waals surface area contributed by atoms with E-state index in [9.17, 15) is 15.4 Å². The Morgan fingerprint density at radius 3 is 2.78 bits per heavy atom. The molecule has 2 aromatic rings. The van der Waals surface area contributed by atoms with Gasteiger partial charge in [0.05, 0.1) is 9.40 Å². The van der Waals surface area contributed by atoms with Gasteiger partial charge in [-0.1, -0.05) is 6.07 Å². The molecule has 1 aliphatic carbocycles. The van der Waals surface area contributed by atoms with Crippen molar-refractivity contribution in [3.8, 4) is 17.2 Å². The number of nitro benzene ring substituents is 1. The highest BCUT2D eigenvalue weighted by molar-refractivity contribution is 9.10. The fraction of sp³-hybridized carbons (Fsp3) is 0.250. The summed E-state index contributed by atoms with van der Waals surface area (Å²) < 4.78 is 0.403. The predicted molar refractivity (Wildman–Crippen MR) is 89.8 cm³/mol. The van der Waals surface area contributed by atoms with Crippen LogP contribution in [0.5, 0.6) is 0 Å². The zero-order chi connectivity index (χ0) is 16.6. The van der Waals surface area contributed by atoms with Crippen LogP contribution in [-0.4, -0.2) is 9.91 Å². The van der Waals surface area contributed by atoms with Crippen LogP contribution in [0.2, 0.25) is 0 Å². The lowest BCUT2D eigenvalue weighted by molar-refractivity contribution is -0.385. The summed E-state index contributed by atoms with van der Waals surface area (Å²) >= 11 is 3.18. The third-order valence-corrected chi connectivity index (χ3v) is 4.72. The normalized spacial score (nSPS) is 13.2. The minimum atomic E-state index is -0.448. The number of pyridine rings is 1. The first-order valence-corrected chi connectivity index (χ1v) is 7.98. The molecule has 0 radical (unpaired) electrons. The Kier molecular flexibility index (Phi) is 4.01. The van der Waals surface area contributed by atoms with E-state index < -0.39 is 4.92 Å². The largest absolute Gasteiger partial charge is 0.383 e. The van der Waals surface area contributed by atoms with Crippen molar-refractivity contribution in [3.05, 3.63) is 49.6 Å². The van der Waals surface area contributed by atoms with Crippen LogP contribution in [0, 0.1) is 21.4 Å². The number of hydrogen-bond acceptors (Lipinski definition) is 5. The Morgan fingerprint density at radius 1 is 1.35 bits per heavy atom. The molecule has 0 atom stereocenters. The molecule has 0 saturated heterocycles. The van der Waals surface area contributed by atoms with E-state index >= 15 is 0 Å². The molecule has 0 amide bonds. The third kappa shape index (κ3) is 2.66. The number of nitriles is 1. The van der Waals surface area contributed by atoms with E-state index in [2.05, 4.69) is 27.0 Å². The lowest BCUT2D eigenvalue weighted by atomic mass is 9.86. The van der Waals surface area contributed by atoms with Gasteiger partial charge in [-0.2, -0.15) is 5.26 Å². The summed E-state index contributed by atoms with van der Waals surface area (Å²) in [5, 5.41) is 20.7. The van der Waals surface area contributed by atoms with Gasteiger partial charge in [0.1, 0.15) is 17.5 Å². The predicted octanol–water partition coefficient (Wildman–Crippen LogP) is 3.75. The number of anilines is 1. The van der Waals surface area contributed by atoms with E-state index in [-0.39, 0.29) is 11.5 Å². The monoisotopic (exact) mass is 372 g/mol. The van der Waals surface area contributed by atoms with E-state index in [4.69, 9.17) is 5.73 Å². The summed E-state index contributed by atoms with van der Waals surface area (Å²) in [5.41, 5.74) is 9.40. The third-order valence-electron chi connectivity index (χ3n) is 4.05. The molecule has 1 aliphatic rings. The maximum atomic E-state index is 11.2. The molecule has 6 nitrogen and oxygen atoms in total. The van der Waals surface area contributed by atoms with Crippen molar-refractivity contribution < 1.29 is 4.92 Å². The smallest absolute Gasteiger partial charge is 0.284 e. The number of nitrogens with zero attached hydrogens (tertiary/aromatic N) is 3. The number of benzene rings is 1. The van der Waals surface area contributed by atoms with Gasteiger partial charge in [0, 0.05) is 17.3 Å². The topological polar surface area (TPSA) is 106 Å². The number of halogens is 1. The van der Waals surface area contributed by atoms with E-state index in [1.165, 1.54) is 6.07 Å². The average molecular weight is 373 g/mol. The Labute approximate surface area is 141 Å². The maximum absolute atomic E-state index is 11.2. The molecule has 0 bridgehead atoms. The number of aromatic nitrogens is 1. The van der Waals surface area contributed by atoms with Gasteiger partial charge in [0.25, 0.3) is 5.69 Å². The van der Waals surface area contributed by atoms with Gasteiger partial charge in [0.2, 0.25) is 0 Å². The zero-order valence-electron chi connectivity index (χ0n) is 12.2. The second kappa shape index (κ2) is 5.97. The molecule has 0 fully saturated rings. The molecule has 1 aromatic carbocycles. The second-order valence-corrected chi connectivity index (χ2v) is 6.27. The van der Waals surface area contributed by atoms with E-state index in [1.54, 1.807) is 12.1 Å². The van der Waals surface area contributed by atoms with Crippen molar-refractivity contribution in [2.75, 3.05) is 5.73 Å². The average Bonchev–Trinajstić information content (AvgIpc) is 2.54. The first-order valence-electron chi connectivity index (χ1n) is 7.18. The number of hydrogen-bond donors (Lipinski definition) is 1. The van der Waals surface area contributed by atoms with Crippen molar-refractivity contribution in [3.63, 3.8) is 0 Å². The highest BCUT2D eigenvalue weighted by Gasteiger charge is 2.23. The molecule has 0 unspecified atom stereocenters. The summed E-state index contributed by atoms with van der Waals surface area (Å²) in [6, 6.07) is 6.98. The second-order valence-electron chi connectivity index (χ2n) is 5.41. The van der Waals surface area contributed by atoms with Crippen LogP contribution in [0.1, 0.15) is 29.7 Å². The molecule has 0 aliphatic heterocycles. The van der Waals surface area contributed by atoms with Crippen molar-refractivity contribution in [2.24, 2.45) is 0 Å². The van der Waals surface area contributed by atoms with Crippen LogP contribution in [0.3, 0.4) is 0 Å². The Balaban J connectivity index is 2.31. The van der Waals surface area contributed by atoms with E-state index in [1.807, 2.05) is 0 Å². The molecule has 0 spiro atoms. The highest BCUT2D eigenvalue weighted by atomic mass is 79.9. The van der Waals surface area contributed by atoms with Crippen molar-refractivity contribution >= 4 is 27.4 Å². The van der Waals surface area contributed by atoms with Gasteiger partial charge < -0.3 is 5.73 Å². The Hall–Kier alpha value is -2.46. The van der Waals surface area contributed by atoms with Crippen molar-refractivity contribution in [2.45, 2.75) is 25.7 Å². The molecule has 23 heavy (non-hydrogen) atoms. The van der Waals surface area contributed by atoms with Crippen LogP contribution in [-0.2, 0) is 12.8 Å². The number of fused-ring (bicyclic) bond motifs is 1. The molecule has 1 aromatic heterocycles. The van der Waals surface area contributed by atoms with E-state index in [0.29, 0.717) is 21.2 Å². The Bertz CT molecular complexity index is 858. The lowest BCUT2D eigenvalue weighted by Crippen LogP contribution is -2.11. The standard InChI is InChI=1S/C16H13BrN4O2/c17-12-6-5-9(7-14(12)21(22)23)15-10-3-1-2-4-13(10)20-16(19)11(15)8-18/h5-7H,1-4H2,(H2,19,20). The summed E-state index contributed by atoms with van der Waals surface area (Å²) in [4.78, 5) is 15.1. The van der Waals surface area contributed by atoms with Crippen molar-refractivity contribution in [1.82, 2.24) is 4.98 Å². The number of nitrogen functional groups attached to an aromatic ring is 1. The van der Waals surface area contributed by atoms with Gasteiger partial charge in [0.15, 0.2) is 0 Å². The van der Waals surface area contributed by atoms with Gasteiger partial charge >= 0.3 is 0 Å². The molecular weight excluding hydrogens is 360 g/mol. The minimum absolute atomic E-state index is 0.0358. The van der Waals surface area contributed by atoms with Crippen LogP contribution >= 0.6 is 15.9 Å². The quantitative estimate of drug-likeness (QED) is 0.637. The van der Waals surface area contributed by atoms with Gasteiger partial charge in [-0.3, -0.25) is 10.1 Å². The summed E-state index contributed by atoms with van der Waals surface area (Å²) in [6.07, 6.45) is 3.66. The van der Waals surface area contributed by atoms with Gasteiger partial charge in [-0.15, -0.1) is 0 Å². The van der Waals surface area contributed by atoms with Crippen LogP contribution in [0.4, 0.5) is 11.5 Å². The van der Waals surface area contributed by atoms with Gasteiger partial charge in [-0.25, -0.2) is 4.98 Å². The van der Waals surface area contributed by atoms with Crippen LogP contribution in [0.15, 0.2) is 22.7 Å².